The van der Waals surface area contributed by atoms with Gasteiger partial charge >= 0.3 is 0 Å². The number of hydrogen-bond donors (Lipinski definition) is 0. The van der Waals surface area contributed by atoms with Crippen molar-refractivity contribution in [3.8, 4) is 0 Å². The van der Waals surface area contributed by atoms with Gasteiger partial charge in [-0.1, -0.05) is 11.3 Å². The van der Waals surface area contributed by atoms with Gasteiger partial charge in [0.1, 0.15) is 14.7 Å². The average Bonchev–Trinajstić information content (AvgIpc) is 3.19. The Labute approximate surface area is 168 Å². The molecule has 1 amide bonds. The Morgan fingerprint density at radius 2 is 1.85 bits per heavy atom. The summed E-state index contributed by atoms with van der Waals surface area (Å²) in [5, 5.41) is 1.01. The summed E-state index contributed by atoms with van der Waals surface area (Å²) in [5.41, 5.74) is 0. The lowest BCUT2D eigenvalue weighted by atomic mass is 10.3. The van der Waals surface area contributed by atoms with Gasteiger partial charge in [0.25, 0.3) is 5.91 Å². The zero-order chi connectivity index (χ0) is 19.6. The molecule has 27 heavy (non-hydrogen) atoms. The molecule has 0 atom stereocenters. The molecule has 1 fully saturated rings. The van der Waals surface area contributed by atoms with Crippen LogP contribution in [0.15, 0.2) is 6.07 Å². The number of fused-ring (bicyclic) bond motifs is 1. The molecular weight excluding hydrogens is 404 g/mol. The SMILES string of the molecule is CCN(CC)c1nc2sc(C(=O)N3CCN(CCS(C)(=O)=O)CC3)cc2s1. The monoisotopic (exact) mass is 430 g/mol. The Kier molecular flexibility index (Phi) is 6.39. The zero-order valence-electron chi connectivity index (χ0n) is 16.0. The molecule has 0 spiro atoms. The van der Waals surface area contributed by atoms with Gasteiger partial charge in [0.2, 0.25) is 0 Å². The molecular formula is C17H26N4O3S3. The van der Waals surface area contributed by atoms with E-state index in [0.29, 0.717) is 32.7 Å². The normalized spacial score (nSPS) is 16.2. The number of piperazine rings is 1. The molecule has 0 radical (unpaired) electrons. The summed E-state index contributed by atoms with van der Waals surface area (Å²) in [6.07, 6.45) is 1.26. The van der Waals surface area contributed by atoms with Crippen LogP contribution in [0.25, 0.3) is 9.53 Å². The summed E-state index contributed by atoms with van der Waals surface area (Å²) in [6.45, 7) is 9.30. The molecule has 3 heterocycles. The number of carbonyl (C=O) groups excluding carboxylic acids is 1. The predicted octanol–water partition coefficient (Wildman–Crippen LogP) is 2.01. The van der Waals surface area contributed by atoms with Crippen LogP contribution < -0.4 is 4.90 Å². The molecule has 150 valence electrons. The van der Waals surface area contributed by atoms with Crippen molar-refractivity contribution >= 4 is 53.1 Å². The summed E-state index contributed by atoms with van der Waals surface area (Å²) in [4.78, 5) is 25.3. The van der Waals surface area contributed by atoms with Crippen LogP contribution in [0.1, 0.15) is 23.5 Å². The topological polar surface area (TPSA) is 73.8 Å². The molecule has 0 bridgehead atoms. The van der Waals surface area contributed by atoms with Crippen LogP contribution in [0.3, 0.4) is 0 Å². The summed E-state index contributed by atoms with van der Waals surface area (Å²) >= 11 is 3.10. The first-order valence-corrected chi connectivity index (χ1v) is 12.8. The quantitative estimate of drug-likeness (QED) is 0.669. The van der Waals surface area contributed by atoms with Crippen molar-refractivity contribution in [3.63, 3.8) is 0 Å². The standard InChI is InChI=1S/C17H26N4O3S3/c1-4-20(5-2)17-18-15-13(26-17)12-14(25-15)16(22)21-8-6-19(7-9-21)10-11-27(3,23)24/h12H,4-11H2,1-3H3. The van der Waals surface area contributed by atoms with E-state index in [1.165, 1.54) is 17.6 Å². The van der Waals surface area contributed by atoms with E-state index in [1.54, 1.807) is 11.3 Å². The maximum Gasteiger partial charge on any atom is 0.264 e. The van der Waals surface area contributed by atoms with Crippen LogP contribution in [-0.4, -0.2) is 86.9 Å². The van der Waals surface area contributed by atoms with Crippen LogP contribution in [0.5, 0.6) is 0 Å². The molecule has 0 N–H and O–H groups in total. The molecule has 7 nitrogen and oxygen atoms in total. The van der Waals surface area contributed by atoms with E-state index >= 15 is 0 Å². The second kappa shape index (κ2) is 8.42. The van der Waals surface area contributed by atoms with Crippen molar-refractivity contribution in [1.82, 2.24) is 14.8 Å². The number of thiophene rings is 1. The number of hydrogen-bond acceptors (Lipinski definition) is 8. The van der Waals surface area contributed by atoms with Crippen molar-refractivity contribution in [2.24, 2.45) is 0 Å². The minimum atomic E-state index is -2.95. The van der Waals surface area contributed by atoms with Gasteiger partial charge < -0.3 is 9.80 Å². The zero-order valence-corrected chi connectivity index (χ0v) is 18.4. The van der Waals surface area contributed by atoms with E-state index in [1.807, 2.05) is 11.0 Å². The molecule has 2 aromatic heterocycles. The third-order valence-corrected chi connectivity index (χ3v) is 7.89. The Balaban J connectivity index is 1.60. The lowest BCUT2D eigenvalue weighted by Crippen LogP contribution is -2.49. The maximum atomic E-state index is 12.8. The summed E-state index contributed by atoms with van der Waals surface area (Å²) in [7, 11) is -2.95. The van der Waals surface area contributed by atoms with Gasteiger partial charge in [0, 0.05) is 52.1 Å². The number of sulfone groups is 1. The first-order chi connectivity index (χ1) is 12.8. The van der Waals surface area contributed by atoms with Gasteiger partial charge in [-0.3, -0.25) is 9.69 Å². The molecule has 0 unspecified atom stereocenters. The molecule has 1 aliphatic heterocycles. The molecule has 0 aliphatic carbocycles. The second-order valence-electron chi connectivity index (χ2n) is 6.71. The summed E-state index contributed by atoms with van der Waals surface area (Å²) < 4.78 is 23.7. The lowest BCUT2D eigenvalue weighted by molar-refractivity contribution is 0.0649. The van der Waals surface area contributed by atoms with Crippen molar-refractivity contribution in [1.29, 1.82) is 0 Å². The number of carbonyl (C=O) groups is 1. The maximum absolute atomic E-state index is 12.8. The van der Waals surface area contributed by atoms with Crippen molar-refractivity contribution in [2.45, 2.75) is 13.8 Å². The number of aromatic nitrogens is 1. The third-order valence-electron chi connectivity index (χ3n) is 4.76. The second-order valence-corrected chi connectivity index (χ2v) is 11.0. The molecule has 1 saturated heterocycles. The number of thiazole rings is 1. The van der Waals surface area contributed by atoms with Crippen molar-refractivity contribution in [3.05, 3.63) is 10.9 Å². The Hall–Kier alpha value is -1.23. The molecule has 0 saturated carbocycles. The fourth-order valence-electron chi connectivity index (χ4n) is 3.08. The number of anilines is 1. The van der Waals surface area contributed by atoms with Gasteiger partial charge in [-0.15, -0.1) is 11.3 Å². The van der Waals surface area contributed by atoms with Crippen LogP contribution in [0.2, 0.25) is 0 Å². The van der Waals surface area contributed by atoms with Gasteiger partial charge in [-0.05, 0) is 19.9 Å². The highest BCUT2D eigenvalue weighted by Gasteiger charge is 2.25. The minimum absolute atomic E-state index is 0.0531. The van der Waals surface area contributed by atoms with E-state index in [4.69, 9.17) is 0 Å². The fraction of sp³-hybridized carbons (Fsp3) is 0.647. The third kappa shape index (κ3) is 4.98. The van der Waals surface area contributed by atoms with Crippen LogP contribution in [0.4, 0.5) is 5.13 Å². The van der Waals surface area contributed by atoms with Crippen LogP contribution in [0, 0.1) is 0 Å². The first kappa shape index (κ1) is 20.5. The fourth-order valence-corrected chi connectivity index (χ4v) is 5.98. The van der Waals surface area contributed by atoms with Gasteiger partial charge in [0.15, 0.2) is 5.13 Å². The van der Waals surface area contributed by atoms with E-state index in [0.717, 1.165) is 32.6 Å². The molecule has 10 heteroatoms. The highest BCUT2D eigenvalue weighted by Crippen LogP contribution is 2.35. The minimum Gasteiger partial charge on any atom is -0.349 e. The first-order valence-electron chi connectivity index (χ1n) is 9.15. The van der Waals surface area contributed by atoms with E-state index < -0.39 is 9.84 Å². The van der Waals surface area contributed by atoms with Gasteiger partial charge in [-0.2, -0.15) is 0 Å². The largest absolute Gasteiger partial charge is 0.349 e. The van der Waals surface area contributed by atoms with Crippen molar-refractivity contribution < 1.29 is 13.2 Å². The van der Waals surface area contributed by atoms with Crippen LogP contribution >= 0.6 is 22.7 Å². The van der Waals surface area contributed by atoms with E-state index in [2.05, 4.69) is 28.6 Å². The molecule has 1 aliphatic rings. The average molecular weight is 431 g/mol. The smallest absolute Gasteiger partial charge is 0.264 e. The summed E-state index contributed by atoms with van der Waals surface area (Å²) in [6, 6.07) is 1.96. The van der Waals surface area contributed by atoms with Gasteiger partial charge in [0.05, 0.1) is 15.3 Å². The Morgan fingerprint density at radius 1 is 1.19 bits per heavy atom. The molecule has 2 aromatic rings. The van der Waals surface area contributed by atoms with Crippen molar-refractivity contribution in [2.75, 3.05) is 62.7 Å². The number of rotatable bonds is 7. The van der Waals surface area contributed by atoms with E-state index in [-0.39, 0.29) is 11.7 Å². The lowest BCUT2D eigenvalue weighted by Gasteiger charge is -2.34. The van der Waals surface area contributed by atoms with Gasteiger partial charge in [-0.25, -0.2) is 13.4 Å². The highest BCUT2D eigenvalue weighted by atomic mass is 32.2. The molecule has 0 aromatic carbocycles. The van der Waals surface area contributed by atoms with Crippen LogP contribution in [-0.2, 0) is 9.84 Å². The predicted molar refractivity (Wildman–Crippen MR) is 113 cm³/mol. The molecule has 3 rings (SSSR count). The Bertz CT molecular complexity index is 862. The highest BCUT2D eigenvalue weighted by molar-refractivity contribution is 7.90. The Morgan fingerprint density at radius 3 is 2.41 bits per heavy atom. The number of amides is 1. The number of nitrogens with zero attached hydrogens (tertiary/aromatic N) is 4. The van der Waals surface area contributed by atoms with E-state index in [9.17, 15) is 13.2 Å². The summed E-state index contributed by atoms with van der Waals surface area (Å²) in [5.74, 6) is 0.222.